The minimum absolute atomic E-state index is 0.460. The molecule has 0 aliphatic carbocycles. The van der Waals surface area contributed by atoms with Gasteiger partial charge in [0.25, 0.3) is 0 Å². The number of anilines is 1. The molecule has 0 saturated heterocycles. The maximum absolute atomic E-state index is 5.76. The van der Waals surface area contributed by atoms with Crippen LogP contribution in [0, 0.1) is 0 Å². The van der Waals surface area contributed by atoms with Gasteiger partial charge in [0.2, 0.25) is 5.82 Å². The average molecular weight is 191 g/mol. The van der Waals surface area contributed by atoms with Crippen LogP contribution in [-0.2, 0) is 0 Å². The van der Waals surface area contributed by atoms with E-state index < -0.39 is 0 Å². The monoisotopic (exact) mass is 191 g/mol. The fourth-order valence-electron chi connectivity index (χ4n) is 1.13. The van der Waals surface area contributed by atoms with Crippen molar-refractivity contribution in [2.45, 2.75) is 0 Å². The van der Waals surface area contributed by atoms with Gasteiger partial charge in [-0.05, 0) is 23.4 Å². The number of nitrogens with one attached hydrogen (secondary N) is 1. The van der Waals surface area contributed by atoms with Crippen LogP contribution in [0.2, 0.25) is 0 Å². The summed E-state index contributed by atoms with van der Waals surface area (Å²) in [6.45, 7) is 0. The summed E-state index contributed by atoms with van der Waals surface area (Å²) < 4.78 is 5.07. The smallest absolute Gasteiger partial charge is 0.206 e. The minimum atomic E-state index is 0.460. The Morgan fingerprint density at radius 2 is 2.29 bits per heavy atom. The van der Waals surface area contributed by atoms with Gasteiger partial charge in [-0.2, -0.15) is 5.21 Å². The van der Waals surface area contributed by atoms with E-state index in [1.54, 1.807) is 25.3 Å². The summed E-state index contributed by atoms with van der Waals surface area (Å²) in [4.78, 5) is 0. The van der Waals surface area contributed by atoms with Gasteiger partial charge in [-0.15, -0.1) is 10.2 Å². The zero-order chi connectivity index (χ0) is 9.97. The van der Waals surface area contributed by atoms with Crippen molar-refractivity contribution in [3.05, 3.63) is 18.2 Å². The molecule has 0 amide bonds. The molecular formula is C8H9N5O. The quantitative estimate of drug-likeness (QED) is 0.673. The molecule has 2 rings (SSSR count). The first-order valence-electron chi connectivity index (χ1n) is 3.98. The average Bonchev–Trinajstić information content (AvgIpc) is 2.71. The number of methoxy groups -OCH3 is 1. The summed E-state index contributed by atoms with van der Waals surface area (Å²) in [6, 6.07) is 5.28. The van der Waals surface area contributed by atoms with Gasteiger partial charge in [-0.25, -0.2) is 0 Å². The molecule has 0 aliphatic heterocycles. The van der Waals surface area contributed by atoms with Crippen LogP contribution < -0.4 is 10.5 Å². The van der Waals surface area contributed by atoms with Crippen molar-refractivity contribution in [1.29, 1.82) is 0 Å². The lowest BCUT2D eigenvalue weighted by Gasteiger charge is -2.03. The number of nitrogen functional groups attached to an aromatic ring is 1. The molecule has 0 bridgehead atoms. The first-order chi connectivity index (χ1) is 6.81. The summed E-state index contributed by atoms with van der Waals surface area (Å²) in [5.74, 6) is 1.17. The molecule has 0 aliphatic rings. The van der Waals surface area contributed by atoms with Gasteiger partial charge in [-0.1, -0.05) is 0 Å². The van der Waals surface area contributed by atoms with E-state index in [1.165, 1.54) is 0 Å². The van der Waals surface area contributed by atoms with Crippen LogP contribution in [0.5, 0.6) is 5.75 Å². The number of aromatic nitrogens is 4. The second kappa shape index (κ2) is 3.33. The van der Waals surface area contributed by atoms with Crippen LogP contribution in [0.25, 0.3) is 11.4 Å². The molecule has 6 nitrogen and oxygen atoms in total. The molecule has 0 radical (unpaired) electrons. The van der Waals surface area contributed by atoms with Gasteiger partial charge < -0.3 is 10.5 Å². The SMILES string of the molecule is COc1ccc(N)c(-c2nn[nH]n2)c1. The Labute approximate surface area is 80.1 Å². The summed E-state index contributed by atoms with van der Waals surface area (Å²) >= 11 is 0. The predicted octanol–water partition coefficient (Wildman–Crippen LogP) is 0.457. The summed E-state index contributed by atoms with van der Waals surface area (Å²) in [5, 5.41) is 13.5. The molecule has 0 spiro atoms. The maximum Gasteiger partial charge on any atom is 0.206 e. The Morgan fingerprint density at radius 3 is 2.93 bits per heavy atom. The van der Waals surface area contributed by atoms with Gasteiger partial charge in [0.1, 0.15) is 5.75 Å². The molecule has 6 heteroatoms. The van der Waals surface area contributed by atoms with Crippen molar-refractivity contribution in [3.8, 4) is 17.1 Å². The highest BCUT2D eigenvalue weighted by atomic mass is 16.5. The molecule has 0 unspecified atom stereocenters. The Balaban J connectivity index is 2.51. The number of tetrazole rings is 1. The van der Waals surface area contributed by atoms with Gasteiger partial charge in [-0.3, -0.25) is 0 Å². The third-order valence-corrected chi connectivity index (χ3v) is 1.85. The molecule has 0 fully saturated rings. The fourth-order valence-corrected chi connectivity index (χ4v) is 1.13. The lowest BCUT2D eigenvalue weighted by Crippen LogP contribution is -1.93. The normalized spacial score (nSPS) is 10.1. The second-order valence-corrected chi connectivity index (χ2v) is 2.69. The van der Waals surface area contributed by atoms with Crippen LogP contribution in [-0.4, -0.2) is 27.7 Å². The molecule has 1 aromatic carbocycles. The Hall–Kier alpha value is -2.11. The number of benzene rings is 1. The first kappa shape index (κ1) is 8.49. The van der Waals surface area contributed by atoms with E-state index in [9.17, 15) is 0 Å². The van der Waals surface area contributed by atoms with E-state index in [1.807, 2.05) is 0 Å². The highest BCUT2D eigenvalue weighted by Crippen LogP contribution is 2.26. The number of hydrogen-bond acceptors (Lipinski definition) is 5. The van der Waals surface area contributed by atoms with E-state index in [4.69, 9.17) is 10.5 Å². The number of ether oxygens (including phenoxy) is 1. The molecule has 1 aromatic heterocycles. The summed E-state index contributed by atoms with van der Waals surface area (Å²) in [6.07, 6.45) is 0. The zero-order valence-corrected chi connectivity index (χ0v) is 7.56. The minimum Gasteiger partial charge on any atom is -0.497 e. The Bertz CT molecular complexity index is 425. The summed E-state index contributed by atoms with van der Waals surface area (Å²) in [5.41, 5.74) is 7.05. The van der Waals surface area contributed by atoms with Gasteiger partial charge in [0.15, 0.2) is 0 Å². The molecule has 72 valence electrons. The van der Waals surface area contributed by atoms with E-state index in [-0.39, 0.29) is 0 Å². The summed E-state index contributed by atoms with van der Waals surface area (Å²) in [7, 11) is 1.59. The van der Waals surface area contributed by atoms with Crippen molar-refractivity contribution >= 4 is 5.69 Å². The lowest BCUT2D eigenvalue weighted by molar-refractivity contribution is 0.415. The molecule has 0 atom stereocenters. The number of nitrogens with two attached hydrogens (primary N) is 1. The van der Waals surface area contributed by atoms with Gasteiger partial charge in [0.05, 0.1) is 7.11 Å². The number of hydrogen-bond donors (Lipinski definition) is 2. The van der Waals surface area contributed by atoms with Crippen molar-refractivity contribution in [2.75, 3.05) is 12.8 Å². The largest absolute Gasteiger partial charge is 0.497 e. The number of aromatic amines is 1. The van der Waals surface area contributed by atoms with Crippen LogP contribution in [0.15, 0.2) is 18.2 Å². The lowest BCUT2D eigenvalue weighted by atomic mass is 10.1. The van der Waals surface area contributed by atoms with Crippen LogP contribution in [0.1, 0.15) is 0 Å². The highest BCUT2D eigenvalue weighted by molar-refractivity contribution is 5.72. The molecule has 1 heterocycles. The number of nitrogens with zero attached hydrogens (tertiary/aromatic N) is 3. The number of rotatable bonds is 2. The first-order valence-corrected chi connectivity index (χ1v) is 3.98. The van der Waals surface area contributed by atoms with Gasteiger partial charge in [0, 0.05) is 11.3 Å². The number of H-pyrrole nitrogens is 1. The van der Waals surface area contributed by atoms with Crippen molar-refractivity contribution in [3.63, 3.8) is 0 Å². The second-order valence-electron chi connectivity index (χ2n) is 2.69. The molecule has 14 heavy (non-hydrogen) atoms. The molecule has 0 saturated carbocycles. The third-order valence-electron chi connectivity index (χ3n) is 1.85. The van der Waals surface area contributed by atoms with Crippen LogP contribution in [0.4, 0.5) is 5.69 Å². The third kappa shape index (κ3) is 1.37. The van der Waals surface area contributed by atoms with Gasteiger partial charge >= 0.3 is 0 Å². The topological polar surface area (TPSA) is 89.7 Å². The Morgan fingerprint density at radius 1 is 1.43 bits per heavy atom. The van der Waals surface area contributed by atoms with Crippen LogP contribution >= 0.6 is 0 Å². The van der Waals surface area contributed by atoms with Crippen molar-refractivity contribution in [2.24, 2.45) is 0 Å². The molecule has 2 aromatic rings. The van der Waals surface area contributed by atoms with E-state index in [0.717, 1.165) is 0 Å². The predicted molar refractivity (Wildman–Crippen MR) is 50.6 cm³/mol. The Kier molecular flexibility index (Phi) is 2.02. The van der Waals surface area contributed by atoms with Crippen molar-refractivity contribution < 1.29 is 4.74 Å². The molecular weight excluding hydrogens is 182 g/mol. The zero-order valence-electron chi connectivity index (χ0n) is 7.56. The molecule has 3 N–H and O–H groups in total. The van der Waals surface area contributed by atoms with Crippen molar-refractivity contribution in [1.82, 2.24) is 20.6 Å². The standard InChI is InChI=1S/C8H9N5O/c1-14-5-2-3-7(9)6(4-5)8-10-12-13-11-8/h2-4H,9H2,1H3,(H,10,11,12,13). The maximum atomic E-state index is 5.76. The highest BCUT2D eigenvalue weighted by Gasteiger charge is 2.08. The fraction of sp³-hybridized carbons (Fsp3) is 0.125. The van der Waals surface area contributed by atoms with E-state index in [0.29, 0.717) is 22.8 Å². The van der Waals surface area contributed by atoms with Crippen LogP contribution in [0.3, 0.4) is 0 Å². The van der Waals surface area contributed by atoms with E-state index >= 15 is 0 Å². The van der Waals surface area contributed by atoms with E-state index in [2.05, 4.69) is 20.6 Å².